The fourth-order valence-corrected chi connectivity index (χ4v) is 6.57. The van der Waals surface area contributed by atoms with Crippen molar-refractivity contribution in [2.75, 3.05) is 31.1 Å². The van der Waals surface area contributed by atoms with E-state index in [4.69, 9.17) is 0 Å². The van der Waals surface area contributed by atoms with Crippen LogP contribution in [0.25, 0.3) is 0 Å². The number of amides is 1. The summed E-state index contributed by atoms with van der Waals surface area (Å²) in [5.74, 6) is 0.298. The summed E-state index contributed by atoms with van der Waals surface area (Å²) in [6, 6.07) is 15.2. The molecule has 3 atom stereocenters. The zero-order valence-corrected chi connectivity index (χ0v) is 21.4. The molecule has 2 heterocycles. The number of aryl methyl sites for hydroxylation is 1. The molecule has 0 radical (unpaired) electrons. The van der Waals surface area contributed by atoms with Crippen molar-refractivity contribution in [2.45, 2.75) is 57.4 Å². The lowest BCUT2D eigenvalue weighted by Gasteiger charge is -2.33. The highest BCUT2D eigenvalue weighted by Crippen LogP contribution is 2.27. The van der Waals surface area contributed by atoms with Crippen molar-refractivity contribution in [1.82, 2.24) is 9.62 Å². The molecule has 0 aromatic heterocycles. The molecule has 184 valence electrons. The molecule has 6 nitrogen and oxygen atoms in total. The van der Waals surface area contributed by atoms with Crippen LogP contribution in [-0.2, 0) is 14.8 Å². The summed E-state index contributed by atoms with van der Waals surface area (Å²) in [5, 5.41) is 3.12. The molecule has 2 fully saturated rings. The smallest absolute Gasteiger partial charge is 0.243 e. The van der Waals surface area contributed by atoms with Gasteiger partial charge in [-0.15, -0.1) is 0 Å². The minimum atomic E-state index is -3.60. The molecule has 0 bridgehead atoms. The first-order valence-electron chi connectivity index (χ1n) is 12.5. The van der Waals surface area contributed by atoms with Crippen molar-refractivity contribution in [3.63, 3.8) is 0 Å². The molecule has 0 aliphatic carbocycles. The summed E-state index contributed by atoms with van der Waals surface area (Å²) in [6.07, 6.45) is 3.90. The van der Waals surface area contributed by atoms with Crippen LogP contribution in [0.5, 0.6) is 0 Å². The third-order valence-electron chi connectivity index (χ3n) is 7.19. The Kier molecular flexibility index (Phi) is 7.63. The Morgan fingerprint density at radius 3 is 2.32 bits per heavy atom. The van der Waals surface area contributed by atoms with Crippen LogP contribution >= 0.6 is 0 Å². The molecule has 0 saturated carbocycles. The summed E-state index contributed by atoms with van der Waals surface area (Å²) in [7, 11) is -3.60. The maximum Gasteiger partial charge on any atom is 0.243 e. The number of nitrogens with zero attached hydrogens (tertiary/aromatic N) is 2. The number of hydrogen-bond acceptors (Lipinski definition) is 4. The third-order valence-corrected chi connectivity index (χ3v) is 9.07. The van der Waals surface area contributed by atoms with Gasteiger partial charge in [0.1, 0.15) is 0 Å². The van der Waals surface area contributed by atoms with E-state index in [1.165, 1.54) is 22.8 Å². The van der Waals surface area contributed by atoms with Gasteiger partial charge in [0.2, 0.25) is 15.9 Å². The number of sulfonamides is 1. The fraction of sp³-hybridized carbons (Fsp3) is 0.519. The minimum Gasteiger partial charge on any atom is -0.371 e. The number of hydrogen-bond donors (Lipinski definition) is 1. The highest BCUT2D eigenvalue weighted by atomic mass is 32.2. The topological polar surface area (TPSA) is 69.7 Å². The molecular weight excluding hydrogens is 446 g/mol. The molecule has 2 aliphatic heterocycles. The molecule has 7 heteroatoms. The lowest BCUT2D eigenvalue weighted by atomic mass is 9.97. The largest absolute Gasteiger partial charge is 0.371 e. The first-order valence-corrected chi connectivity index (χ1v) is 13.9. The highest BCUT2D eigenvalue weighted by Gasteiger charge is 2.33. The molecule has 4 rings (SSSR count). The molecule has 1 N–H and O–H groups in total. The van der Waals surface area contributed by atoms with E-state index in [-0.39, 0.29) is 29.3 Å². The van der Waals surface area contributed by atoms with Crippen LogP contribution in [0.15, 0.2) is 53.4 Å². The molecule has 2 aromatic carbocycles. The zero-order chi connectivity index (χ0) is 24.3. The van der Waals surface area contributed by atoms with Crippen molar-refractivity contribution >= 4 is 21.6 Å². The Bertz CT molecular complexity index is 1080. The van der Waals surface area contributed by atoms with Gasteiger partial charge >= 0.3 is 0 Å². The highest BCUT2D eigenvalue weighted by molar-refractivity contribution is 7.89. The average molecular weight is 484 g/mol. The SMILES string of the molecule is Cc1ccc(S(=O)(=O)N2CCC[C@H](C(=O)N[C@H](C)c3ccc(N4CCC[C@H](C)C4)cc3)C2)cc1. The van der Waals surface area contributed by atoms with Gasteiger partial charge in [0.15, 0.2) is 0 Å². The monoisotopic (exact) mass is 483 g/mol. The summed E-state index contributed by atoms with van der Waals surface area (Å²) in [6.45, 7) is 9.08. The Morgan fingerprint density at radius 1 is 0.971 bits per heavy atom. The Hall–Kier alpha value is -2.38. The molecule has 2 aromatic rings. The molecule has 2 saturated heterocycles. The van der Waals surface area contributed by atoms with Gasteiger partial charge in [-0.2, -0.15) is 4.31 Å². The van der Waals surface area contributed by atoms with Crippen molar-refractivity contribution in [3.05, 3.63) is 59.7 Å². The number of piperidine rings is 2. The van der Waals surface area contributed by atoms with Crippen LogP contribution in [0.3, 0.4) is 0 Å². The van der Waals surface area contributed by atoms with Gasteiger partial charge in [-0.1, -0.05) is 36.8 Å². The van der Waals surface area contributed by atoms with Gasteiger partial charge in [-0.05, 0) is 75.3 Å². The lowest BCUT2D eigenvalue weighted by molar-refractivity contribution is -0.126. The Morgan fingerprint density at radius 2 is 1.65 bits per heavy atom. The summed E-state index contributed by atoms with van der Waals surface area (Å²) >= 11 is 0. The van der Waals surface area contributed by atoms with Gasteiger partial charge in [-0.3, -0.25) is 4.79 Å². The van der Waals surface area contributed by atoms with Crippen LogP contribution < -0.4 is 10.2 Å². The first kappa shape index (κ1) is 24.7. The lowest BCUT2D eigenvalue weighted by Crippen LogP contribution is -2.45. The quantitative estimate of drug-likeness (QED) is 0.656. The molecule has 0 unspecified atom stereocenters. The third kappa shape index (κ3) is 5.63. The number of nitrogens with one attached hydrogen (secondary N) is 1. The number of benzene rings is 2. The standard InChI is InChI=1S/C27H37N3O3S/c1-20-8-14-26(15-9-20)34(32,33)30-17-5-7-24(19-30)27(31)28-22(3)23-10-12-25(13-11-23)29-16-4-6-21(2)18-29/h8-15,21-22,24H,4-7,16-19H2,1-3H3,(H,28,31)/t21-,22+,24-/m0/s1. The van der Waals surface area contributed by atoms with E-state index >= 15 is 0 Å². The zero-order valence-electron chi connectivity index (χ0n) is 20.5. The van der Waals surface area contributed by atoms with Gasteiger partial charge in [0.05, 0.1) is 16.9 Å². The second-order valence-corrected chi connectivity index (χ2v) is 12.0. The summed E-state index contributed by atoms with van der Waals surface area (Å²) in [4.78, 5) is 15.8. The minimum absolute atomic E-state index is 0.0785. The molecule has 2 aliphatic rings. The molecule has 1 amide bonds. The van der Waals surface area contributed by atoms with Crippen LogP contribution in [0.2, 0.25) is 0 Å². The van der Waals surface area contributed by atoms with Crippen LogP contribution in [0.4, 0.5) is 5.69 Å². The maximum absolute atomic E-state index is 13.1. The molecular formula is C27H37N3O3S. The van der Waals surface area contributed by atoms with Gasteiger partial charge in [0.25, 0.3) is 0 Å². The van der Waals surface area contributed by atoms with Crippen molar-refractivity contribution in [3.8, 4) is 0 Å². The van der Waals surface area contributed by atoms with Gasteiger partial charge < -0.3 is 10.2 Å². The number of rotatable bonds is 6. The number of carbonyl (C=O) groups is 1. The van der Waals surface area contributed by atoms with Crippen molar-refractivity contribution < 1.29 is 13.2 Å². The van der Waals surface area contributed by atoms with Crippen LogP contribution in [0.1, 0.15) is 56.7 Å². The van der Waals surface area contributed by atoms with Gasteiger partial charge in [-0.25, -0.2) is 8.42 Å². The maximum atomic E-state index is 13.1. The van der Waals surface area contributed by atoms with E-state index < -0.39 is 10.0 Å². The summed E-state index contributed by atoms with van der Waals surface area (Å²) in [5.41, 5.74) is 3.31. The summed E-state index contributed by atoms with van der Waals surface area (Å²) < 4.78 is 27.6. The van der Waals surface area contributed by atoms with E-state index in [0.717, 1.165) is 30.1 Å². The first-order chi connectivity index (χ1) is 16.2. The fourth-order valence-electron chi connectivity index (χ4n) is 5.05. The Labute approximate surface area is 204 Å². The van der Waals surface area contributed by atoms with Crippen molar-refractivity contribution in [1.29, 1.82) is 0 Å². The van der Waals surface area contributed by atoms with Gasteiger partial charge in [0, 0.05) is 31.9 Å². The number of carbonyl (C=O) groups excluding carboxylic acids is 1. The van der Waals surface area contributed by atoms with Crippen LogP contribution in [-0.4, -0.2) is 44.8 Å². The van der Waals surface area contributed by atoms with E-state index in [0.29, 0.717) is 19.4 Å². The van der Waals surface area contributed by atoms with E-state index in [2.05, 4.69) is 41.4 Å². The predicted molar refractivity (Wildman–Crippen MR) is 136 cm³/mol. The van der Waals surface area contributed by atoms with E-state index in [1.807, 2.05) is 13.8 Å². The van der Waals surface area contributed by atoms with E-state index in [1.54, 1.807) is 24.3 Å². The predicted octanol–water partition coefficient (Wildman–Crippen LogP) is 4.51. The molecule has 0 spiro atoms. The number of anilines is 1. The van der Waals surface area contributed by atoms with Crippen molar-refractivity contribution in [2.24, 2.45) is 11.8 Å². The normalized spacial score (nSPS) is 22.9. The van der Waals surface area contributed by atoms with E-state index in [9.17, 15) is 13.2 Å². The molecule has 34 heavy (non-hydrogen) atoms. The Balaban J connectivity index is 1.36. The second kappa shape index (κ2) is 10.5. The second-order valence-electron chi connectivity index (χ2n) is 10.0. The van der Waals surface area contributed by atoms with Crippen LogP contribution in [0, 0.1) is 18.8 Å². The average Bonchev–Trinajstić information content (AvgIpc) is 2.84.